The van der Waals surface area contributed by atoms with Crippen molar-refractivity contribution in [2.45, 2.75) is 83.9 Å². The van der Waals surface area contributed by atoms with Gasteiger partial charge in [-0.3, -0.25) is 4.90 Å². The molecule has 0 bridgehead atoms. The summed E-state index contributed by atoms with van der Waals surface area (Å²) in [5.41, 5.74) is 2.09. The van der Waals surface area contributed by atoms with Crippen LogP contribution in [0.3, 0.4) is 0 Å². The maximum absolute atomic E-state index is 14.9. The molecular formula is C31H39F4N5O. The zero-order chi connectivity index (χ0) is 29.9. The van der Waals surface area contributed by atoms with Crippen molar-refractivity contribution >= 4 is 11.4 Å². The first-order valence-electron chi connectivity index (χ1n) is 14.4. The van der Waals surface area contributed by atoms with Crippen LogP contribution in [0.4, 0.5) is 23.2 Å². The summed E-state index contributed by atoms with van der Waals surface area (Å²) >= 11 is 0. The van der Waals surface area contributed by atoms with E-state index in [-0.39, 0.29) is 23.9 Å². The maximum Gasteiger partial charge on any atom is 0.416 e. The molecule has 1 aromatic carbocycles. The third-order valence-electron chi connectivity index (χ3n) is 8.27. The van der Waals surface area contributed by atoms with Gasteiger partial charge in [-0.05, 0) is 57.0 Å². The summed E-state index contributed by atoms with van der Waals surface area (Å²) in [6, 6.07) is 8.14. The summed E-state index contributed by atoms with van der Waals surface area (Å²) < 4.78 is 60.6. The number of hydrogen-bond acceptors (Lipinski definition) is 6. The number of nitriles is 1. The molecule has 41 heavy (non-hydrogen) atoms. The number of anilines is 1. The molecule has 2 aliphatic heterocycles. The van der Waals surface area contributed by atoms with E-state index in [1.807, 2.05) is 24.9 Å². The smallest absolute Gasteiger partial charge is 0.364 e. The first kappa shape index (κ1) is 30.8. The van der Waals surface area contributed by atoms with E-state index in [9.17, 15) is 22.8 Å². The number of ether oxygens (including phenoxy) is 1. The van der Waals surface area contributed by atoms with E-state index in [0.29, 0.717) is 31.5 Å². The van der Waals surface area contributed by atoms with Gasteiger partial charge in [0.15, 0.2) is 6.23 Å². The summed E-state index contributed by atoms with van der Waals surface area (Å²) in [7, 11) is 1.96. The molecule has 0 N–H and O–H groups in total. The van der Waals surface area contributed by atoms with Gasteiger partial charge >= 0.3 is 6.18 Å². The Morgan fingerprint density at radius 2 is 1.90 bits per heavy atom. The molecule has 4 atom stereocenters. The summed E-state index contributed by atoms with van der Waals surface area (Å²) in [5.74, 6) is -0.847. The molecular weight excluding hydrogens is 534 g/mol. The quantitative estimate of drug-likeness (QED) is 0.238. The molecule has 0 aliphatic carbocycles. The fourth-order valence-corrected chi connectivity index (χ4v) is 5.86. The van der Waals surface area contributed by atoms with E-state index in [0.717, 1.165) is 48.8 Å². The molecule has 222 valence electrons. The molecule has 0 spiro atoms. The molecule has 0 radical (unpaired) electrons. The lowest BCUT2D eigenvalue weighted by Gasteiger charge is -2.50. The van der Waals surface area contributed by atoms with E-state index in [2.05, 4.69) is 47.7 Å². The normalized spacial score (nSPS) is 22.2. The first-order chi connectivity index (χ1) is 19.5. The summed E-state index contributed by atoms with van der Waals surface area (Å²) in [6.07, 6.45) is 1.10. The number of pyridine rings is 1. The SMILES string of the molecule is CCCCCOC1C=C(N2C[C@@H](CC)N(C(C)c3ccc(C(F)(F)F)cc3F)C[C@@H]2C)c2nc(C#N)ccc2N1C. The van der Waals surface area contributed by atoms with Crippen molar-refractivity contribution < 1.29 is 22.3 Å². The van der Waals surface area contributed by atoms with Crippen molar-refractivity contribution in [3.05, 3.63) is 64.7 Å². The van der Waals surface area contributed by atoms with Crippen LogP contribution in [0.1, 0.15) is 81.9 Å². The van der Waals surface area contributed by atoms with E-state index in [1.165, 1.54) is 6.07 Å². The predicted octanol–water partition coefficient (Wildman–Crippen LogP) is 6.98. The monoisotopic (exact) mass is 573 g/mol. The van der Waals surface area contributed by atoms with E-state index in [1.54, 1.807) is 6.07 Å². The lowest BCUT2D eigenvalue weighted by Crippen LogP contribution is -2.57. The van der Waals surface area contributed by atoms with Gasteiger partial charge in [-0.1, -0.05) is 32.8 Å². The minimum Gasteiger partial charge on any atom is -0.364 e. The van der Waals surface area contributed by atoms with Crippen LogP contribution in [0.2, 0.25) is 0 Å². The number of rotatable bonds is 9. The van der Waals surface area contributed by atoms with E-state index >= 15 is 0 Å². The maximum atomic E-state index is 14.9. The Morgan fingerprint density at radius 1 is 1.15 bits per heavy atom. The van der Waals surface area contributed by atoms with Gasteiger partial charge in [0, 0.05) is 50.4 Å². The molecule has 1 saturated heterocycles. The van der Waals surface area contributed by atoms with Crippen molar-refractivity contribution in [1.82, 2.24) is 14.8 Å². The minimum absolute atomic E-state index is 0.00923. The fraction of sp³-hybridized carbons (Fsp3) is 0.548. The number of fused-ring (bicyclic) bond motifs is 1. The highest BCUT2D eigenvalue weighted by Crippen LogP contribution is 2.39. The predicted molar refractivity (Wildman–Crippen MR) is 151 cm³/mol. The van der Waals surface area contributed by atoms with Gasteiger partial charge in [0.05, 0.1) is 16.9 Å². The van der Waals surface area contributed by atoms with Crippen LogP contribution in [0.15, 0.2) is 36.4 Å². The molecule has 6 nitrogen and oxygen atoms in total. The lowest BCUT2D eigenvalue weighted by molar-refractivity contribution is -0.137. The van der Waals surface area contributed by atoms with Crippen LogP contribution in [0, 0.1) is 17.1 Å². The van der Waals surface area contributed by atoms with E-state index in [4.69, 9.17) is 4.74 Å². The number of alkyl halides is 3. The molecule has 2 aromatic rings. The van der Waals surface area contributed by atoms with Crippen molar-refractivity contribution in [3.63, 3.8) is 0 Å². The van der Waals surface area contributed by atoms with Crippen LogP contribution in [0.25, 0.3) is 5.70 Å². The van der Waals surface area contributed by atoms with Crippen molar-refractivity contribution in [2.24, 2.45) is 0 Å². The second-order valence-corrected chi connectivity index (χ2v) is 11.0. The topological polar surface area (TPSA) is 55.6 Å². The molecule has 2 aliphatic rings. The number of piperazine rings is 1. The highest BCUT2D eigenvalue weighted by atomic mass is 19.4. The van der Waals surface area contributed by atoms with Gasteiger partial charge in [-0.25, -0.2) is 9.37 Å². The standard InChI is InChI=1S/C31H39F4N5O/c1-6-8-9-14-41-29-16-28(30-27(38(29)5)13-11-23(17-36)37-30)39-19-24(7-2)40(18-20(39)3)21(4)25-12-10-22(15-26(25)32)31(33,34)35/h10-13,15-16,20-21,24,29H,6-9,14,18-19H2,1-5H3/t20-,21?,24+,29?/m0/s1. The van der Waals surface area contributed by atoms with Crippen LogP contribution < -0.4 is 4.90 Å². The third-order valence-corrected chi connectivity index (χ3v) is 8.27. The number of unbranched alkanes of at least 4 members (excludes halogenated alkanes) is 2. The van der Waals surface area contributed by atoms with Gasteiger partial charge in [0.1, 0.15) is 23.3 Å². The van der Waals surface area contributed by atoms with Gasteiger partial charge in [-0.2, -0.15) is 18.4 Å². The summed E-state index contributed by atoms with van der Waals surface area (Å²) in [4.78, 5) is 11.2. The molecule has 4 rings (SSSR count). The molecule has 10 heteroatoms. The number of hydrogen-bond donors (Lipinski definition) is 0. The van der Waals surface area contributed by atoms with Crippen molar-refractivity contribution in [2.75, 3.05) is 31.6 Å². The summed E-state index contributed by atoms with van der Waals surface area (Å²) in [6.45, 7) is 9.95. The molecule has 3 heterocycles. The van der Waals surface area contributed by atoms with E-state index < -0.39 is 23.6 Å². The largest absolute Gasteiger partial charge is 0.416 e. The molecule has 1 fully saturated rings. The Bertz CT molecular complexity index is 1290. The average molecular weight is 574 g/mol. The number of nitrogens with zero attached hydrogens (tertiary/aromatic N) is 5. The van der Waals surface area contributed by atoms with Crippen LogP contribution in [-0.4, -0.2) is 59.8 Å². The fourth-order valence-electron chi connectivity index (χ4n) is 5.86. The molecule has 0 amide bonds. The third kappa shape index (κ3) is 6.52. The highest BCUT2D eigenvalue weighted by molar-refractivity contribution is 5.77. The zero-order valence-electron chi connectivity index (χ0n) is 24.4. The van der Waals surface area contributed by atoms with Gasteiger partial charge < -0.3 is 14.5 Å². The number of benzene rings is 1. The molecule has 2 unspecified atom stereocenters. The van der Waals surface area contributed by atoms with Gasteiger partial charge in [0.2, 0.25) is 0 Å². The van der Waals surface area contributed by atoms with Crippen LogP contribution in [0.5, 0.6) is 0 Å². The van der Waals surface area contributed by atoms with Gasteiger partial charge in [0.25, 0.3) is 0 Å². The van der Waals surface area contributed by atoms with Crippen molar-refractivity contribution in [3.8, 4) is 6.07 Å². The van der Waals surface area contributed by atoms with Crippen molar-refractivity contribution in [1.29, 1.82) is 5.26 Å². The number of halogens is 4. The molecule has 1 aromatic heterocycles. The number of likely N-dealkylation sites (N-methyl/N-ethyl adjacent to an activating group) is 1. The van der Waals surface area contributed by atoms with Crippen LogP contribution in [-0.2, 0) is 10.9 Å². The number of aromatic nitrogens is 1. The minimum atomic E-state index is -4.59. The Hall–Kier alpha value is -3.16. The van der Waals surface area contributed by atoms with Crippen LogP contribution >= 0.6 is 0 Å². The molecule has 0 saturated carbocycles. The first-order valence-corrected chi connectivity index (χ1v) is 14.4. The lowest BCUT2D eigenvalue weighted by atomic mass is 9.96. The average Bonchev–Trinajstić information content (AvgIpc) is 2.95. The highest BCUT2D eigenvalue weighted by Gasteiger charge is 2.39. The Morgan fingerprint density at radius 3 is 2.54 bits per heavy atom. The zero-order valence-corrected chi connectivity index (χ0v) is 24.4. The Kier molecular flexibility index (Phi) is 9.60. The Labute approximate surface area is 240 Å². The second kappa shape index (κ2) is 12.8. The Balaban J connectivity index is 1.63. The second-order valence-electron chi connectivity index (χ2n) is 11.0. The summed E-state index contributed by atoms with van der Waals surface area (Å²) in [5, 5.41) is 9.56. The van der Waals surface area contributed by atoms with Gasteiger partial charge in [-0.15, -0.1) is 0 Å².